The Morgan fingerprint density at radius 2 is 1.56 bits per heavy atom. The predicted octanol–water partition coefficient (Wildman–Crippen LogP) is 2.88. The Hall–Kier alpha value is -2.13. The van der Waals surface area contributed by atoms with Crippen LogP contribution in [0.2, 0.25) is 0 Å². The number of rotatable bonds is 3. The first kappa shape index (κ1) is 17.0. The number of hydrogen-bond acceptors (Lipinski definition) is 1. The van der Waals surface area contributed by atoms with Gasteiger partial charge in [-0.2, -0.15) is 0 Å². The third kappa shape index (κ3) is 3.29. The number of benzene rings is 2. The van der Waals surface area contributed by atoms with Gasteiger partial charge in [0.05, 0.1) is 32.2 Å². The predicted molar refractivity (Wildman–Crippen MR) is 108 cm³/mol. The van der Waals surface area contributed by atoms with E-state index in [9.17, 15) is 4.79 Å². The maximum atomic E-state index is 12.9. The normalized spacial score (nSPS) is 27.9. The molecule has 0 unspecified atom stereocenters. The van der Waals surface area contributed by atoms with Crippen molar-refractivity contribution in [3.8, 4) is 11.1 Å². The molecule has 140 valence electrons. The van der Waals surface area contributed by atoms with Crippen LogP contribution >= 0.6 is 0 Å². The van der Waals surface area contributed by atoms with Crippen molar-refractivity contribution < 1.29 is 9.69 Å². The Morgan fingerprint density at radius 1 is 0.852 bits per heavy atom. The van der Waals surface area contributed by atoms with Crippen molar-refractivity contribution in [2.24, 2.45) is 11.8 Å². The van der Waals surface area contributed by atoms with Crippen LogP contribution in [0.1, 0.15) is 36.0 Å². The topological polar surface area (TPSA) is 24.8 Å². The molecule has 1 heterocycles. The van der Waals surface area contributed by atoms with Crippen molar-refractivity contribution in [3.05, 3.63) is 60.2 Å². The number of quaternary nitrogens is 1. The highest BCUT2D eigenvalue weighted by Gasteiger charge is 2.45. The van der Waals surface area contributed by atoms with Crippen LogP contribution in [-0.4, -0.2) is 43.0 Å². The van der Waals surface area contributed by atoms with Crippen LogP contribution in [-0.2, 0) is 0 Å². The van der Waals surface area contributed by atoms with Gasteiger partial charge in [-0.1, -0.05) is 42.5 Å². The van der Waals surface area contributed by atoms with E-state index in [-0.39, 0.29) is 5.91 Å². The minimum atomic E-state index is 0.196. The van der Waals surface area contributed by atoms with Gasteiger partial charge >= 0.3 is 0 Å². The minimum Gasteiger partial charge on any atom is -0.329 e. The second kappa shape index (κ2) is 7.12. The molecule has 2 aromatic rings. The molecule has 3 fully saturated rings. The van der Waals surface area contributed by atoms with Gasteiger partial charge < -0.3 is 9.80 Å². The van der Waals surface area contributed by atoms with Crippen LogP contribution in [0.4, 0.5) is 0 Å². The fourth-order valence-electron chi connectivity index (χ4n) is 5.73. The van der Waals surface area contributed by atoms with Crippen LogP contribution < -0.4 is 4.90 Å². The molecule has 2 saturated carbocycles. The number of piperazine rings is 1. The maximum Gasteiger partial charge on any atom is 0.254 e. The first-order chi connectivity index (χ1) is 13.3. The molecule has 3 aliphatic rings. The lowest BCUT2D eigenvalue weighted by molar-refractivity contribution is -0.932. The minimum absolute atomic E-state index is 0.196. The zero-order valence-corrected chi connectivity index (χ0v) is 15.9. The summed E-state index contributed by atoms with van der Waals surface area (Å²) in [5.74, 6) is 2.18. The lowest BCUT2D eigenvalue weighted by Crippen LogP contribution is -3.18. The molecule has 27 heavy (non-hydrogen) atoms. The first-order valence-corrected chi connectivity index (χ1v) is 10.6. The number of carbonyl (C=O) groups is 1. The van der Waals surface area contributed by atoms with Crippen molar-refractivity contribution in [1.82, 2.24) is 4.90 Å². The zero-order chi connectivity index (χ0) is 18.2. The summed E-state index contributed by atoms with van der Waals surface area (Å²) in [5.41, 5.74) is 3.18. The molecule has 2 bridgehead atoms. The Balaban J connectivity index is 1.21. The van der Waals surface area contributed by atoms with Crippen LogP contribution in [0.25, 0.3) is 11.1 Å². The molecule has 0 radical (unpaired) electrons. The summed E-state index contributed by atoms with van der Waals surface area (Å²) < 4.78 is 0. The molecule has 1 saturated heterocycles. The molecule has 3 heteroatoms. The van der Waals surface area contributed by atoms with Crippen LogP contribution in [0.5, 0.6) is 0 Å². The number of hydrogen-bond donors (Lipinski definition) is 1. The quantitative estimate of drug-likeness (QED) is 0.893. The SMILES string of the molecule is O=C(c1ccc(-c2ccccc2)cc1)N1CC[NH+]([C@H]2C[C@H]3CC[C@@H]2C3)CC1. The van der Waals surface area contributed by atoms with Crippen molar-refractivity contribution in [1.29, 1.82) is 0 Å². The summed E-state index contributed by atoms with van der Waals surface area (Å²) in [6.45, 7) is 4.06. The smallest absolute Gasteiger partial charge is 0.254 e. The molecule has 2 aromatic carbocycles. The third-order valence-electron chi connectivity index (χ3n) is 7.19. The fourth-order valence-corrected chi connectivity index (χ4v) is 5.73. The van der Waals surface area contributed by atoms with Crippen molar-refractivity contribution in [2.75, 3.05) is 26.2 Å². The van der Waals surface area contributed by atoms with Gasteiger partial charge in [0.2, 0.25) is 0 Å². The van der Waals surface area contributed by atoms with Crippen molar-refractivity contribution in [3.63, 3.8) is 0 Å². The Morgan fingerprint density at radius 3 is 2.19 bits per heavy atom. The third-order valence-corrected chi connectivity index (χ3v) is 7.19. The number of nitrogens with one attached hydrogen (secondary N) is 1. The average Bonchev–Trinajstić information content (AvgIpc) is 3.38. The van der Waals surface area contributed by atoms with E-state index in [1.54, 1.807) is 4.90 Å². The summed E-state index contributed by atoms with van der Waals surface area (Å²) >= 11 is 0. The number of carbonyl (C=O) groups excluding carboxylic acids is 1. The average molecular weight is 362 g/mol. The molecule has 3 nitrogen and oxygen atoms in total. The summed E-state index contributed by atoms with van der Waals surface area (Å²) in [6.07, 6.45) is 5.84. The van der Waals surface area contributed by atoms with Gasteiger partial charge in [0.15, 0.2) is 0 Å². The monoisotopic (exact) mass is 361 g/mol. The maximum absolute atomic E-state index is 12.9. The standard InChI is InChI=1S/C24H28N2O/c27-24(21-10-8-20(9-11-21)19-4-2-1-3-5-19)26-14-12-25(13-15-26)23-17-18-6-7-22(23)16-18/h1-5,8-11,18,22-23H,6-7,12-17H2/p+1/t18-,22+,23-/m0/s1. The highest BCUT2D eigenvalue weighted by Crippen LogP contribution is 2.43. The van der Waals surface area contributed by atoms with E-state index in [2.05, 4.69) is 29.2 Å². The second-order valence-corrected chi connectivity index (χ2v) is 8.68. The van der Waals surface area contributed by atoms with Crippen molar-refractivity contribution in [2.45, 2.75) is 31.7 Å². The molecule has 2 aliphatic carbocycles. The van der Waals surface area contributed by atoms with E-state index < -0.39 is 0 Å². The van der Waals surface area contributed by atoms with E-state index >= 15 is 0 Å². The molecule has 0 aromatic heterocycles. The lowest BCUT2D eigenvalue weighted by atomic mass is 9.93. The summed E-state index contributed by atoms with van der Waals surface area (Å²) in [5, 5.41) is 0. The van der Waals surface area contributed by atoms with Crippen LogP contribution in [0.15, 0.2) is 54.6 Å². The molecular formula is C24H29N2O+. The summed E-state index contributed by atoms with van der Waals surface area (Å²) in [6, 6.07) is 19.3. The van der Waals surface area contributed by atoms with Crippen LogP contribution in [0.3, 0.4) is 0 Å². The van der Waals surface area contributed by atoms with E-state index in [1.165, 1.54) is 31.2 Å². The van der Waals surface area contributed by atoms with Crippen molar-refractivity contribution >= 4 is 5.91 Å². The number of amides is 1. The summed E-state index contributed by atoms with van der Waals surface area (Å²) in [4.78, 5) is 16.8. The molecular weight excluding hydrogens is 332 g/mol. The van der Waals surface area contributed by atoms with Gasteiger partial charge in [0.1, 0.15) is 0 Å². The van der Waals surface area contributed by atoms with E-state index in [1.807, 2.05) is 30.3 Å². The molecule has 0 spiro atoms. The molecule has 1 amide bonds. The fraction of sp³-hybridized carbons (Fsp3) is 0.458. The highest BCUT2D eigenvalue weighted by atomic mass is 16.2. The molecule has 3 atom stereocenters. The Bertz CT molecular complexity index is 793. The molecule has 5 rings (SSSR count). The highest BCUT2D eigenvalue weighted by molar-refractivity contribution is 5.94. The van der Waals surface area contributed by atoms with Crippen LogP contribution in [0, 0.1) is 11.8 Å². The molecule has 1 N–H and O–H groups in total. The Kier molecular flexibility index (Phi) is 4.48. The second-order valence-electron chi connectivity index (χ2n) is 8.68. The van der Waals surface area contributed by atoms with Gasteiger partial charge in [-0.25, -0.2) is 0 Å². The first-order valence-electron chi connectivity index (χ1n) is 10.6. The zero-order valence-electron chi connectivity index (χ0n) is 15.9. The van der Waals surface area contributed by atoms with Gasteiger partial charge in [0.25, 0.3) is 5.91 Å². The van der Waals surface area contributed by atoms with E-state index in [0.29, 0.717) is 0 Å². The summed E-state index contributed by atoms with van der Waals surface area (Å²) in [7, 11) is 0. The van der Waals surface area contributed by atoms with Gasteiger partial charge in [-0.3, -0.25) is 4.79 Å². The van der Waals surface area contributed by atoms with E-state index in [4.69, 9.17) is 0 Å². The number of nitrogens with zero attached hydrogens (tertiary/aromatic N) is 1. The molecule has 1 aliphatic heterocycles. The Labute approximate surface area is 162 Å². The van der Waals surface area contributed by atoms with Gasteiger partial charge in [-0.15, -0.1) is 0 Å². The number of fused-ring (bicyclic) bond motifs is 2. The lowest BCUT2D eigenvalue weighted by Gasteiger charge is -2.38. The van der Waals surface area contributed by atoms with Gasteiger partial charge in [-0.05, 0) is 48.4 Å². The largest absolute Gasteiger partial charge is 0.329 e. The van der Waals surface area contributed by atoms with Gasteiger partial charge in [0, 0.05) is 17.9 Å². The van der Waals surface area contributed by atoms with E-state index in [0.717, 1.165) is 55.2 Å².